The lowest BCUT2D eigenvalue weighted by Crippen LogP contribution is -2.44. The Balaban J connectivity index is 1.54. The normalized spacial score (nSPS) is 38.0. The Labute approximate surface area is 170 Å². The van der Waals surface area contributed by atoms with Crippen LogP contribution in [0.3, 0.4) is 0 Å². The molecule has 0 N–H and O–H groups in total. The van der Waals surface area contributed by atoms with E-state index in [1.807, 2.05) is 12.1 Å². The Hall–Kier alpha value is -1.35. The standard InChI is InChI=1S/C25H36O3/c1-15(2)19-10-5-16(3)13-23(19)28-24-14-22(20-11-12-21(24)25(20)26)17-6-8-18(27-4)9-7-17/h6-9,15-16,19-24H,5,10-14H2,1-4H3/t16-,19+,20+,21-,22-,23-,24+/m1/s1. The molecule has 7 atom stereocenters. The molecule has 0 aromatic heterocycles. The van der Waals surface area contributed by atoms with E-state index in [0.29, 0.717) is 29.6 Å². The fourth-order valence-electron chi connectivity index (χ4n) is 6.13. The fourth-order valence-corrected chi connectivity index (χ4v) is 6.13. The van der Waals surface area contributed by atoms with Crippen LogP contribution in [0.2, 0.25) is 0 Å². The van der Waals surface area contributed by atoms with Crippen LogP contribution in [-0.2, 0) is 9.53 Å². The third-order valence-corrected chi connectivity index (χ3v) is 7.80. The van der Waals surface area contributed by atoms with Gasteiger partial charge in [0.15, 0.2) is 0 Å². The van der Waals surface area contributed by atoms with Crippen LogP contribution in [0, 0.1) is 29.6 Å². The molecule has 0 spiro atoms. The van der Waals surface area contributed by atoms with Gasteiger partial charge >= 0.3 is 0 Å². The third kappa shape index (κ3) is 3.75. The van der Waals surface area contributed by atoms with Crippen LogP contribution in [0.25, 0.3) is 0 Å². The largest absolute Gasteiger partial charge is 0.497 e. The van der Waals surface area contributed by atoms with E-state index in [1.165, 1.54) is 18.4 Å². The van der Waals surface area contributed by atoms with Crippen molar-refractivity contribution in [2.75, 3.05) is 7.11 Å². The number of carbonyl (C=O) groups excluding carboxylic acids is 1. The first-order chi connectivity index (χ1) is 13.5. The van der Waals surface area contributed by atoms with Crippen molar-refractivity contribution in [2.45, 2.75) is 77.4 Å². The monoisotopic (exact) mass is 384 g/mol. The first-order valence-electron chi connectivity index (χ1n) is 11.3. The Kier molecular flexibility index (Phi) is 5.83. The number of rotatable bonds is 5. The van der Waals surface area contributed by atoms with E-state index in [4.69, 9.17) is 9.47 Å². The van der Waals surface area contributed by atoms with Crippen LogP contribution in [0.5, 0.6) is 5.75 Å². The zero-order valence-electron chi connectivity index (χ0n) is 17.9. The molecule has 154 valence electrons. The molecular formula is C25H36O3. The molecular weight excluding hydrogens is 348 g/mol. The second-order valence-electron chi connectivity index (χ2n) is 9.85. The fraction of sp³-hybridized carbons (Fsp3) is 0.720. The number of Topliss-reactive ketones (excluding diaryl/α,β-unsaturated/α-hetero) is 1. The summed E-state index contributed by atoms with van der Waals surface area (Å²) in [5, 5.41) is 0. The number of ketones is 1. The summed E-state index contributed by atoms with van der Waals surface area (Å²) < 4.78 is 12.1. The van der Waals surface area contributed by atoms with Crippen LogP contribution in [0.4, 0.5) is 0 Å². The van der Waals surface area contributed by atoms with Gasteiger partial charge in [0.05, 0.1) is 19.3 Å². The highest BCUT2D eigenvalue weighted by Crippen LogP contribution is 2.50. The highest BCUT2D eigenvalue weighted by molar-refractivity contribution is 5.88. The van der Waals surface area contributed by atoms with Crippen LogP contribution in [0.15, 0.2) is 24.3 Å². The van der Waals surface area contributed by atoms with Gasteiger partial charge in [-0.1, -0.05) is 39.3 Å². The average Bonchev–Trinajstić information content (AvgIpc) is 2.95. The molecule has 1 aromatic carbocycles. The zero-order chi connectivity index (χ0) is 19.8. The summed E-state index contributed by atoms with van der Waals surface area (Å²) in [4.78, 5) is 13.1. The summed E-state index contributed by atoms with van der Waals surface area (Å²) in [6.07, 6.45) is 7.15. The maximum Gasteiger partial charge on any atom is 0.142 e. The molecule has 0 radical (unpaired) electrons. The van der Waals surface area contributed by atoms with Crippen molar-refractivity contribution < 1.29 is 14.3 Å². The van der Waals surface area contributed by atoms with E-state index in [1.54, 1.807) is 7.11 Å². The summed E-state index contributed by atoms with van der Waals surface area (Å²) >= 11 is 0. The van der Waals surface area contributed by atoms with Crippen LogP contribution >= 0.6 is 0 Å². The molecule has 3 aliphatic carbocycles. The molecule has 2 bridgehead atoms. The third-order valence-electron chi connectivity index (χ3n) is 7.80. The van der Waals surface area contributed by atoms with Crippen LogP contribution in [0.1, 0.15) is 70.8 Å². The van der Waals surface area contributed by atoms with Gasteiger partial charge in [0.2, 0.25) is 0 Å². The lowest BCUT2D eigenvalue weighted by atomic mass is 9.72. The van der Waals surface area contributed by atoms with Crippen molar-refractivity contribution in [3.05, 3.63) is 29.8 Å². The van der Waals surface area contributed by atoms with E-state index >= 15 is 0 Å². The first-order valence-corrected chi connectivity index (χ1v) is 11.3. The van der Waals surface area contributed by atoms with Gasteiger partial charge in [-0.05, 0) is 73.5 Å². The molecule has 0 unspecified atom stereocenters. The van der Waals surface area contributed by atoms with E-state index in [2.05, 4.69) is 32.9 Å². The van der Waals surface area contributed by atoms with E-state index < -0.39 is 0 Å². The Morgan fingerprint density at radius 3 is 2.29 bits per heavy atom. The van der Waals surface area contributed by atoms with Gasteiger partial charge in [0.1, 0.15) is 11.5 Å². The predicted octanol–water partition coefficient (Wildman–Crippen LogP) is 5.62. The van der Waals surface area contributed by atoms with Crippen LogP contribution in [-0.4, -0.2) is 25.1 Å². The molecule has 0 saturated heterocycles. The SMILES string of the molecule is COc1ccc([C@H]2C[C@H](O[C@@H]3C[C@H](C)CC[C@H]3C(C)C)[C@H]3CC[C@@H]2C3=O)cc1. The minimum Gasteiger partial charge on any atom is -0.497 e. The maximum absolute atomic E-state index is 13.1. The molecule has 3 saturated carbocycles. The number of fused-ring (bicyclic) bond motifs is 2. The summed E-state index contributed by atoms with van der Waals surface area (Å²) in [6, 6.07) is 8.33. The van der Waals surface area contributed by atoms with Gasteiger partial charge in [-0.15, -0.1) is 0 Å². The number of benzene rings is 1. The minimum absolute atomic E-state index is 0.0925. The maximum atomic E-state index is 13.1. The first kappa shape index (κ1) is 19.9. The summed E-state index contributed by atoms with van der Waals surface area (Å²) in [5.74, 6) is 3.94. The highest BCUT2D eigenvalue weighted by atomic mass is 16.5. The number of hydrogen-bond donors (Lipinski definition) is 0. The van der Waals surface area contributed by atoms with E-state index in [9.17, 15) is 4.79 Å². The van der Waals surface area contributed by atoms with Gasteiger partial charge < -0.3 is 9.47 Å². The molecule has 28 heavy (non-hydrogen) atoms. The number of ether oxygens (including phenoxy) is 2. The van der Waals surface area contributed by atoms with E-state index in [0.717, 1.165) is 37.4 Å². The van der Waals surface area contributed by atoms with Crippen molar-refractivity contribution in [3.63, 3.8) is 0 Å². The molecule has 3 nitrogen and oxygen atoms in total. The highest BCUT2D eigenvalue weighted by Gasteiger charge is 2.50. The number of hydrogen-bond acceptors (Lipinski definition) is 3. The molecule has 3 heteroatoms. The Bertz CT molecular complexity index is 680. The lowest BCUT2D eigenvalue weighted by molar-refractivity contribution is -0.144. The second kappa shape index (κ2) is 8.18. The number of carbonyl (C=O) groups is 1. The molecule has 4 rings (SSSR count). The predicted molar refractivity (Wildman–Crippen MR) is 112 cm³/mol. The van der Waals surface area contributed by atoms with Gasteiger partial charge in [-0.25, -0.2) is 0 Å². The molecule has 1 aromatic rings. The summed E-state index contributed by atoms with van der Waals surface area (Å²) in [6.45, 7) is 7.01. The van der Waals surface area contributed by atoms with E-state index in [-0.39, 0.29) is 17.9 Å². The van der Waals surface area contributed by atoms with Gasteiger partial charge in [0.25, 0.3) is 0 Å². The Morgan fingerprint density at radius 2 is 1.61 bits per heavy atom. The van der Waals surface area contributed by atoms with Crippen molar-refractivity contribution in [1.82, 2.24) is 0 Å². The quantitative estimate of drug-likeness (QED) is 0.660. The van der Waals surface area contributed by atoms with Gasteiger partial charge in [0, 0.05) is 11.8 Å². The van der Waals surface area contributed by atoms with Gasteiger partial charge in [-0.2, -0.15) is 0 Å². The number of methoxy groups -OCH3 is 1. The van der Waals surface area contributed by atoms with Crippen LogP contribution < -0.4 is 4.74 Å². The minimum atomic E-state index is 0.0925. The molecule has 0 amide bonds. The zero-order valence-corrected chi connectivity index (χ0v) is 17.9. The molecule has 0 heterocycles. The van der Waals surface area contributed by atoms with Crippen molar-refractivity contribution in [1.29, 1.82) is 0 Å². The van der Waals surface area contributed by atoms with Gasteiger partial charge in [-0.3, -0.25) is 4.79 Å². The molecule has 3 fully saturated rings. The van der Waals surface area contributed by atoms with Crippen molar-refractivity contribution in [3.8, 4) is 5.75 Å². The molecule has 0 aliphatic heterocycles. The smallest absolute Gasteiger partial charge is 0.142 e. The molecule has 3 aliphatic rings. The summed E-state index contributed by atoms with van der Waals surface area (Å²) in [7, 11) is 1.70. The van der Waals surface area contributed by atoms with Crippen molar-refractivity contribution in [2.24, 2.45) is 29.6 Å². The average molecular weight is 385 g/mol. The second-order valence-corrected chi connectivity index (χ2v) is 9.85. The van der Waals surface area contributed by atoms with Crippen molar-refractivity contribution >= 4 is 5.78 Å². The lowest BCUT2D eigenvalue weighted by Gasteiger charge is -2.42. The topological polar surface area (TPSA) is 35.5 Å². The Morgan fingerprint density at radius 1 is 0.893 bits per heavy atom. The summed E-state index contributed by atoms with van der Waals surface area (Å²) in [5.41, 5.74) is 1.27.